The molecule has 2 rings (SSSR count). The molecule has 0 aliphatic heterocycles. The molecule has 27 heavy (non-hydrogen) atoms. The fraction of sp³-hybridized carbons (Fsp3) is 0.750. The summed E-state index contributed by atoms with van der Waals surface area (Å²) >= 11 is 0. The summed E-state index contributed by atoms with van der Waals surface area (Å²) in [6.07, 6.45) is 15.3. The number of carbonyl (C=O) groups is 2. The van der Waals surface area contributed by atoms with Crippen LogP contribution in [0.15, 0.2) is 6.20 Å². The molecule has 1 aromatic rings. The molecule has 1 aliphatic rings. The van der Waals surface area contributed by atoms with Gasteiger partial charge in [0, 0.05) is 7.05 Å². The average molecular weight is 382 g/mol. The van der Waals surface area contributed by atoms with Crippen LogP contribution in [0.2, 0.25) is 0 Å². The van der Waals surface area contributed by atoms with Crippen LogP contribution in [0.3, 0.4) is 0 Å². The summed E-state index contributed by atoms with van der Waals surface area (Å²) in [5, 5.41) is 20.6. The number of nitrogens with zero attached hydrogens (tertiary/aromatic N) is 2. The smallest absolute Gasteiger partial charge is 0.355 e. The third kappa shape index (κ3) is 9.04. The van der Waals surface area contributed by atoms with Crippen molar-refractivity contribution in [2.24, 2.45) is 24.6 Å². The van der Waals surface area contributed by atoms with Crippen molar-refractivity contribution in [3.8, 4) is 0 Å². The van der Waals surface area contributed by atoms with E-state index in [1.165, 1.54) is 71.3 Å². The molecule has 1 unspecified atom stereocenters. The number of nitrogens with two attached hydrogens (primary N) is 1. The van der Waals surface area contributed by atoms with Gasteiger partial charge in [-0.15, -0.1) is 0 Å². The van der Waals surface area contributed by atoms with Crippen LogP contribution in [0.25, 0.3) is 0 Å². The maximum Gasteiger partial charge on any atom is 0.355 e. The van der Waals surface area contributed by atoms with Crippen LogP contribution in [0.4, 0.5) is 0 Å². The van der Waals surface area contributed by atoms with E-state index in [4.69, 9.17) is 15.9 Å². The minimum atomic E-state index is -1.30. The van der Waals surface area contributed by atoms with Crippen molar-refractivity contribution in [1.82, 2.24) is 9.78 Å². The lowest BCUT2D eigenvalue weighted by molar-refractivity contribution is 0.0644. The van der Waals surface area contributed by atoms with Gasteiger partial charge in [-0.1, -0.05) is 51.9 Å². The van der Waals surface area contributed by atoms with Crippen LogP contribution < -0.4 is 5.73 Å². The Hall–Kier alpha value is -1.89. The maximum absolute atomic E-state index is 10.5. The molecule has 1 heterocycles. The number of hydrogen-bond acceptors (Lipinski definition) is 4. The molecule has 0 bridgehead atoms. The summed E-state index contributed by atoms with van der Waals surface area (Å²) in [5.74, 6) is -0.496. The van der Waals surface area contributed by atoms with E-state index in [-0.39, 0.29) is 11.3 Å². The van der Waals surface area contributed by atoms with Gasteiger partial charge in [0.1, 0.15) is 5.56 Å². The summed E-state index contributed by atoms with van der Waals surface area (Å²) in [5.41, 5.74) is 4.98. The van der Waals surface area contributed by atoms with E-state index in [0.717, 1.165) is 29.3 Å². The Kier molecular flexibility index (Phi) is 10.7. The summed E-state index contributed by atoms with van der Waals surface area (Å²) in [4.78, 5) is 20.9. The molecule has 0 saturated heterocycles. The van der Waals surface area contributed by atoms with Crippen LogP contribution in [-0.4, -0.2) is 38.5 Å². The van der Waals surface area contributed by atoms with Crippen LogP contribution in [-0.2, 0) is 7.05 Å². The molecule has 7 heteroatoms. The van der Waals surface area contributed by atoms with Gasteiger partial charge >= 0.3 is 11.9 Å². The van der Waals surface area contributed by atoms with Crippen LogP contribution in [0, 0.1) is 11.8 Å². The highest BCUT2D eigenvalue weighted by Crippen LogP contribution is 2.38. The first-order chi connectivity index (χ1) is 12.9. The van der Waals surface area contributed by atoms with Crippen molar-refractivity contribution >= 4 is 11.9 Å². The zero-order valence-electron chi connectivity index (χ0n) is 16.7. The van der Waals surface area contributed by atoms with E-state index >= 15 is 0 Å². The molecule has 1 aromatic heterocycles. The molecule has 1 saturated carbocycles. The second kappa shape index (κ2) is 12.5. The Bertz CT molecular complexity index is 582. The van der Waals surface area contributed by atoms with Crippen LogP contribution in [0.5, 0.6) is 0 Å². The minimum absolute atomic E-state index is 0.301. The normalized spacial score (nSPS) is 14.3. The lowest BCUT2D eigenvalue weighted by Gasteiger charge is -2.15. The van der Waals surface area contributed by atoms with E-state index < -0.39 is 11.9 Å². The third-order valence-electron chi connectivity index (χ3n) is 5.02. The molecule has 154 valence electrons. The SMILES string of the molecule is CCCCCCC(CCCN)CC1CC1.Cn1ncc(C(=O)O)c1C(=O)O. The van der Waals surface area contributed by atoms with Gasteiger partial charge < -0.3 is 15.9 Å². The number of carboxylic acid groups (broad SMARTS) is 2. The Morgan fingerprint density at radius 2 is 1.85 bits per heavy atom. The average Bonchev–Trinajstić information content (AvgIpc) is 3.35. The number of aromatic nitrogens is 2. The van der Waals surface area contributed by atoms with Crippen LogP contribution >= 0.6 is 0 Å². The highest BCUT2D eigenvalue weighted by atomic mass is 16.4. The van der Waals surface area contributed by atoms with Gasteiger partial charge in [0.05, 0.1) is 6.20 Å². The summed E-state index contributed by atoms with van der Waals surface area (Å²) in [6.45, 7) is 3.17. The second-order valence-electron chi connectivity index (χ2n) is 7.47. The van der Waals surface area contributed by atoms with Gasteiger partial charge in [-0.05, 0) is 37.6 Å². The predicted molar refractivity (Wildman–Crippen MR) is 105 cm³/mol. The van der Waals surface area contributed by atoms with Crippen molar-refractivity contribution in [3.63, 3.8) is 0 Å². The number of carboxylic acids is 2. The van der Waals surface area contributed by atoms with Gasteiger partial charge in [0.2, 0.25) is 0 Å². The summed E-state index contributed by atoms with van der Waals surface area (Å²) in [6, 6.07) is 0. The first-order valence-corrected chi connectivity index (χ1v) is 10.1. The Balaban J connectivity index is 0.000000277. The van der Waals surface area contributed by atoms with Gasteiger partial charge in [0.15, 0.2) is 5.69 Å². The number of rotatable bonds is 12. The van der Waals surface area contributed by atoms with Crippen molar-refractivity contribution in [3.05, 3.63) is 17.5 Å². The molecular weight excluding hydrogens is 346 g/mol. The quantitative estimate of drug-likeness (QED) is 0.472. The second-order valence-corrected chi connectivity index (χ2v) is 7.47. The van der Waals surface area contributed by atoms with E-state index in [1.807, 2.05) is 0 Å². The topological polar surface area (TPSA) is 118 Å². The molecule has 0 spiro atoms. The highest BCUT2D eigenvalue weighted by molar-refractivity contribution is 6.00. The van der Waals surface area contributed by atoms with E-state index in [0.29, 0.717) is 0 Å². The van der Waals surface area contributed by atoms with E-state index in [9.17, 15) is 9.59 Å². The number of hydrogen-bond donors (Lipinski definition) is 3. The van der Waals surface area contributed by atoms with Crippen molar-refractivity contribution < 1.29 is 19.8 Å². The lowest BCUT2D eigenvalue weighted by atomic mass is 9.91. The molecule has 1 aliphatic carbocycles. The van der Waals surface area contributed by atoms with Gasteiger partial charge in [-0.3, -0.25) is 4.68 Å². The third-order valence-corrected chi connectivity index (χ3v) is 5.02. The zero-order valence-corrected chi connectivity index (χ0v) is 16.7. The molecule has 0 radical (unpaired) electrons. The highest BCUT2D eigenvalue weighted by Gasteiger charge is 2.24. The maximum atomic E-state index is 10.5. The molecule has 7 nitrogen and oxygen atoms in total. The standard InChI is InChI=1S/C14H29N.C6H6N2O4/c1-2-3-4-5-7-13(8-6-11-15)12-14-9-10-14;1-8-4(6(11)12)3(2-7-8)5(9)10/h13-14H,2-12,15H2,1H3;2H,1H3,(H,9,10)(H,11,12). The molecule has 0 amide bonds. The van der Waals surface area contributed by atoms with Crippen molar-refractivity contribution in [1.29, 1.82) is 0 Å². The number of aromatic carboxylic acids is 2. The monoisotopic (exact) mass is 381 g/mol. The fourth-order valence-electron chi connectivity index (χ4n) is 3.32. The first-order valence-electron chi connectivity index (χ1n) is 10.1. The van der Waals surface area contributed by atoms with Crippen molar-refractivity contribution in [2.45, 2.75) is 71.1 Å². The van der Waals surface area contributed by atoms with Gasteiger partial charge in [-0.25, -0.2) is 9.59 Å². The van der Waals surface area contributed by atoms with Gasteiger partial charge in [-0.2, -0.15) is 5.10 Å². The number of unbranched alkanes of at least 4 members (excludes halogenated alkanes) is 3. The first kappa shape index (κ1) is 23.1. The van der Waals surface area contributed by atoms with Crippen LogP contribution in [0.1, 0.15) is 92.0 Å². The largest absolute Gasteiger partial charge is 0.478 e. The fourth-order valence-corrected chi connectivity index (χ4v) is 3.32. The summed E-state index contributed by atoms with van der Waals surface area (Å²) in [7, 11) is 1.37. The lowest BCUT2D eigenvalue weighted by Crippen LogP contribution is -2.10. The van der Waals surface area contributed by atoms with Gasteiger partial charge in [0.25, 0.3) is 0 Å². The van der Waals surface area contributed by atoms with Crippen molar-refractivity contribution in [2.75, 3.05) is 6.54 Å². The molecular formula is C20H35N3O4. The molecule has 0 aromatic carbocycles. The molecule has 4 N–H and O–H groups in total. The Morgan fingerprint density at radius 1 is 1.19 bits per heavy atom. The molecule has 1 fully saturated rings. The summed E-state index contributed by atoms with van der Waals surface area (Å²) < 4.78 is 1.01. The Labute approximate surface area is 161 Å². The Morgan fingerprint density at radius 3 is 2.33 bits per heavy atom. The predicted octanol–water partition coefficient (Wildman–Crippen LogP) is 3.93. The zero-order chi connectivity index (χ0) is 20.2. The minimum Gasteiger partial charge on any atom is -0.478 e. The molecule has 1 atom stereocenters. The van der Waals surface area contributed by atoms with E-state index in [2.05, 4.69) is 12.0 Å². The number of aryl methyl sites for hydroxylation is 1. The van der Waals surface area contributed by atoms with E-state index in [1.54, 1.807) is 0 Å².